The highest BCUT2D eigenvalue weighted by Crippen LogP contribution is 2.38. The van der Waals surface area contributed by atoms with E-state index in [0.29, 0.717) is 45.4 Å². The normalized spacial score (nSPS) is 14.9. The molecule has 0 spiro atoms. The Bertz CT molecular complexity index is 1110. The van der Waals surface area contributed by atoms with Crippen molar-refractivity contribution in [3.63, 3.8) is 0 Å². The van der Waals surface area contributed by atoms with Crippen LogP contribution in [0.3, 0.4) is 0 Å². The van der Waals surface area contributed by atoms with Crippen molar-refractivity contribution in [2.75, 3.05) is 13.2 Å². The van der Waals surface area contributed by atoms with Crippen LogP contribution in [-0.4, -0.2) is 28.3 Å². The number of amides is 1. The number of thioether (sulfide) groups is 1. The summed E-state index contributed by atoms with van der Waals surface area (Å²) in [5.74, 6) is 1.49. The lowest BCUT2D eigenvalue weighted by Gasteiger charge is -2.16. The van der Waals surface area contributed by atoms with Gasteiger partial charge >= 0.3 is 0 Å². The van der Waals surface area contributed by atoms with Gasteiger partial charge in [-0.05, 0) is 65.3 Å². The molecule has 166 valence electrons. The van der Waals surface area contributed by atoms with Crippen LogP contribution in [-0.2, 0) is 11.4 Å². The standard InChI is InChI=1S/C24H23IN2O3S2/c1-4-29-20-10-16(11-21-23(28)27(13-15(2)3)24(31)32-21)9-19(25)22(20)30-14-18-8-6-5-7-17(18)12-26/h5-11,15H,4,13-14H2,1-3H3/b21-11-. The second-order valence-corrected chi connectivity index (χ2v) is 10.3. The van der Waals surface area contributed by atoms with Gasteiger partial charge in [-0.2, -0.15) is 5.26 Å². The number of ether oxygens (including phenoxy) is 2. The zero-order valence-corrected chi connectivity index (χ0v) is 21.8. The Balaban J connectivity index is 1.87. The molecule has 1 heterocycles. The first-order chi connectivity index (χ1) is 15.3. The molecule has 0 aromatic heterocycles. The Labute approximate surface area is 211 Å². The Kier molecular flexibility index (Phi) is 8.57. The molecule has 0 aliphatic carbocycles. The van der Waals surface area contributed by atoms with Crippen molar-refractivity contribution in [3.05, 3.63) is 61.6 Å². The maximum absolute atomic E-state index is 12.8. The molecule has 1 saturated heterocycles. The number of thiocarbonyl (C=S) groups is 1. The monoisotopic (exact) mass is 578 g/mol. The van der Waals surface area contributed by atoms with Crippen LogP contribution < -0.4 is 9.47 Å². The van der Waals surface area contributed by atoms with E-state index in [1.807, 2.05) is 43.3 Å². The van der Waals surface area contributed by atoms with Gasteiger partial charge in [0, 0.05) is 12.1 Å². The average molecular weight is 578 g/mol. The summed E-state index contributed by atoms with van der Waals surface area (Å²) < 4.78 is 13.3. The molecule has 2 aromatic rings. The molecule has 1 amide bonds. The molecule has 3 rings (SSSR count). The third-order valence-corrected chi connectivity index (χ3v) is 6.74. The van der Waals surface area contributed by atoms with Crippen molar-refractivity contribution in [2.45, 2.75) is 27.4 Å². The summed E-state index contributed by atoms with van der Waals surface area (Å²) in [7, 11) is 0. The predicted molar refractivity (Wildman–Crippen MR) is 141 cm³/mol. The van der Waals surface area contributed by atoms with Crippen molar-refractivity contribution >= 4 is 62.9 Å². The Morgan fingerprint density at radius 1 is 1.28 bits per heavy atom. The highest BCUT2D eigenvalue weighted by atomic mass is 127. The summed E-state index contributed by atoms with van der Waals surface area (Å²) in [5, 5.41) is 9.31. The summed E-state index contributed by atoms with van der Waals surface area (Å²) >= 11 is 8.93. The second-order valence-electron chi connectivity index (χ2n) is 7.51. The number of rotatable bonds is 8. The smallest absolute Gasteiger partial charge is 0.266 e. The minimum absolute atomic E-state index is 0.0601. The molecule has 0 unspecified atom stereocenters. The highest BCUT2D eigenvalue weighted by Gasteiger charge is 2.32. The van der Waals surface area contributed by atoms with E-state index in [4.69, 9.17) is 21.7 Å². The van der Waals surface area contributed by atoms with Crippen LogP contribution in [0.15, 0.2) is 41.3 Å². The van der Waals surface area contributed by atoms with Gasteiger partial charge in [-0.1, -0.05) is 56.0 Å². The molecule has 1 aliphatic heterocycles. The van der Waals surface area contributed by atoms with Gasteiger partial charge in [0.1, 0.15) is 10.9 Å². The van der Waals surface area contributed by atoms with E-state index in [0.717, 1.165) is 14.7 Å². The first-order valence-electron chi connectivity index (χ1n) is 10.2. The van der Waals surface area contributed by atoms with Gasteiger partial charge in [0.25, 0.3) is 5.91 Å². The largest absolute Gasteiger partial charge is 0.490 e. The molecule has 0 saturated carbocycles. The third-order valence-electron chi connectivity index (χ3n) is 4.56. The Morgan fingerprint density at radius 3 is 2.72 bits per heavy atom. The second kappa shape index (κ2) is 11.2. The fourth-order valence-electron chi connectivity index (χ4n) is 3.15. The summed E-state index contributed by atoms with van der Waals surface area (Å²) in [6.07, 6.45) is 1.85. The molecule has 1 fully saturated rings. The van der Waals surface area contributed by atoms with Gasteiger partial charge in [-0.3, -0.25) is 9.69 Å². The zero-order chi connectivity index (χ0) is 23.3. The van der Waals surface area contributed by atoms with Crippen LogP contribution in [0.1, 0.15) is 37.5 Å². The van der Waals surface area contributed by atoms with Gasteiger partial charge in [-0.25, -0.2) is 0 Å². The fourth-order valence-corrected chi connectivity index (χ4v) is 5.21. The van der Waals surface area contributed by atoms with Crippen LogP contribution in [0.25, 0.3) is 6.08 Å². The maximum atomic E-state index is 12.8. The number of nitrogens with zero attached hydrogens (tertiary/aromatic N) is 2. The van der Waals surface area contributed by atoms with Crippen molar-refractivity contribution in [2.24, 2.45) is 5.92 Å². The van der Waals surface area contributed by atoms with E-state index < -0.39 is 0 Å². The zero-order valence-electron chi connectivity index (χ0n) is 18.1. The van der Waals surface area contributed by atoms with E-state index in [1.54, 1.807) is 11.0 Å². The van der Waals surface area contributed by atoms with Crippen molar-refractivity contribution in [1.29, 1.82) is 5.26 Å². The predicted octanol–water partition coefficient (Wildman–Crippen LogP) is 6.00. The van der Waals surface area contributed by atoms with E-state index in [2.05, 4.69) is 42.5 Å². The molecular formula is C24H23IN2O3S2. The summed E-state index contributed by atoms with van der Waals surface area (Å²) in [6, 6.07) is 13.4. The quantitative estimate of drug-likeness (QED) is 0.218. The number of hydrogen-bond donors (Lipinski definition) is 0. The van der Waals surface area contributed by atoms with E-state index in [-0.39, 0.29) is 12.5 Å². The average Bonchev–Trinajstić information content (AvgIpc) is 3.00. The van der Waals surface area contributed by atoms with Crippen LogP contribution in [0.4, 0.5) is 0 Å². The molecule has 2 aromatic carbocycles. The topological polar surface area (TPSA) is 62.6 Å². The van der Waals surface area contributed by atoms with Crippen molar-refractivity contribution in [1.82, 2.24) is 4.90 Å². The Hall–Kier alpha value is -2.09. The number of carbonyl (C=O) groups is 1. The van der Waals surface area contributed by atoms with Gasteiger partial charge in [0.15, 0.2) is 11.5 Å². The van der Waals surface area contributed by atoms with E-state index in [1.165, 1.54) is 11.8 Å². The maximum Gasteiger partial charge on any atom is 0.266 e. The molecule has 5 nitrogen and oxygen atoms in total. The fraction of sp³-hybridized carbons (Fsp3) is 0.292. The number of carbonyl (C=O) groups excluding carboxylic acids is 1. The van der Waals surface area contributed by atoms with Gasteiger partial charge in [0.05, 0.1) is 26.7 Å². The minimum atomic E-state index is -0.0601. The third kappa shape index (κ3) is 5.82. The number of hydrogen-bond acceptors (Lipinski definition) is 6. The van der Waals surface area contributed by atoms with E-state index in [9.17, 15) is 10.1 Å². The number of nitriles is 1. The SMILES string of the molecule is CCOc1cc(/C=C2\SC(=S)N(CC(C)C)C2=O)cc(I)c1OCc1ccccc1C#N. The lowest BCUT2D eigenvalue weighted by atomic mass is 10.1. The molecule has 32 heavy (non-hydrogen) atoms. The lowest BCUT2D eigenvalue weighted by molar-refractivity contribution is -0.122. The first kappa shape index (κ1) is 24.6. The van der Waals surface area contributed by atoms with E-state index >= 15 is 0 Å². The molecule has 0 atom stereocenters. The minimum Gasteiger partial charge on any atom is -0.490 e. The molecule has 0 radical (unpaired) electrons. The van der Waals surface area contributed by atoms with Crippen LogP contribution in [0.2, 0.25) is 0 Å². The van der Waals surface area contributed by atoms with Crippen LogP contribution in [0.5, 0.6) is 11.5 Å². The number of benzene rings is 2. The highest BCUT2D eigenvalue weighted by molar-refractivity contribution is 14.1. The number of halogens is 1. The molecular weight excluding hydrogens is 555 g/mol. The Morgan fingerprint density at radius 2 is 2.03 bits per heavy atom. The molecule has 0 N–H and O–H groups in total. The van der Waals surface area contributed by atoms with Crippen LogP contribution in [0, 0.1) is 20.8 Å². The van der Waals surface area contributed by atoms with Gasteiger partial charge < -0.3 is 9.47 Å². The van der Waals surface area contributed by atoms with Crippen molar-refractivity contribution < 1.29 is 14.3 Å². The summed E-state index contributed by atoms with van der Waals surface area (Å²) in [4.78, 5) is 15.1. The summed E-state index contributed by atoms with van der Waals surface area (Å²) in [6.45, 7) is 7.37. The molecule has 0 bridgehead atoms. The van der Waals surface area contributed by atoms with Crippen LogP contribution >= 0.6 is 46.6 Å². The van der Waals surface area contributed by atoms with Crippen molar-refractivity contribution in [3.8, 4) is 17.6 Å². The lowest BCUT2D eigenvalue weighted by Crippen LogP contribution is -2.31. The molecule has 1 aliphatic rings. The summed E-state index contributed by atoms with van der Waals surface area (Å²) in [5.41, 5.74) is 2.24. The van der Waals surface area contributed by atoms with Gasteiger partial charge in [0.2, 0.25) is 0 Å². The first-order valence-corrected chi connectivity index (χ1v) is 12.5. The molecule has 8 heteroatoms. The van der Waals surface area contributed by atoms with Gasteiger partial charge in [-0.15, -0.1) is 0 Å².